The number of carbonyl (C=O) groups is 1. The molecule has 2 heterocycles. The molecule has 1 aromatic heterocycles. The minimum Gasteiger partial charge on any atom is -0.593 e. The summed E-state index contributed by atoms with van der Waals surface area (Å²) in [5.41, 5.74) is 0.662. The van der Waals surface area contributed by atoms with E-state index in [1.807, 2.05) is 0 Å². The van der Waals surface area contributed by atoms with Crippen molar-refractivity contribution in [1.29, 1.82) is 0 Å². The number of carbonyl (C=O) groups excluding carboxylic acids is 1. The molecule has 1 aromatic rings. The lowest BCUT2D eigenvalue weighted by Gasteiger charge is -2.34. The van der Waals surface area contributed by atoms with E-state index in [1.165, 1.54) is 11.8 Å². The van der Waals surface area contributed by atoms with Gasteiger partial charge in [0.15, 0.2) is 26.6 Å². The molecule has 2 N–H and O–H groups in total. The van der Waals surface area contributed by atoms with Gasteiger partial charge in [0.05, 0.1) is 5.71 Å². The predicted octanol–water partition coefficient (Wildman–Crippen LogP) is 3.35. The van der Waals surface area contributed by atoms with Crippen LogP contribution < -0.4 is 10.0 Å². The monoisotopic (exact) mass is 480 g/mol. The van der Waals surface area contributed by atoms with Crippen LogP contribution in [0, 0.1) is 5.92 Å². The largest absolute Gasteiger partial charge is 0.593 e. The predicted molar refractivity (Wildman–Crippen MR) is 110 cm³/mol. The summed E-state index contributed by atoms with van der Waals surface area (Å²) in [4.78, 5) is 29.1. The highest BCUT2D eigenvalue weighted by atomic mass is 32.3. The number of halogens is 3. The van der Waals surface area contributed by atoms with E-state index in [1.54, 1.807) is 11.0 Å². The molecule has 0 aromatic carbocycles. The van der Waals surface area contributed by atoms with Gasteiger partial charge >= 0.3 is 12.2 Å². The number of hydrogen-bond acceptors (Lipinski definition) is 8. The molecule has 14 heteroatoms. The molecule has 0 spiro atoms. The lowest BCUT2D eigenvalue weighted by Crippen LogP contribution is -2.52. The van der Waals surface area contributed by atoms with Crippen LogP contribution in [0.1, 0.15) is 50.8 Å². The first-order chi connectivity index (χ1) is 14.6. The third kappa shape index (κ3) is 6.13. The van der Waals surface area contributed by atoms with E-state index in [2.05, 4.69) is 25.3 Å². The van der Waals surface area contributed by atoms with E-state index in [0.29, 0.717) is 30.3 Å². The Morgan fingerprint density at radius 3 is 2.55 bits per heavy atom. The number of rotatable bonds is 5. The number of amides is 2. The molecule has 172 valence electrons. The summed E-state index contributed by atoms with van der Waals surface area (Å²) in [6.07, 6.45) is -0.223. The van der Waals surface area contributed by atoms with Crippen molar-refractivity contribution in [3.63, 3.8) is 0 Å². The molecular weight excluding hydrogens is 457 g/mol. The molecule has 3 rings (SSSR count). The summed E-state index contributed by atoms with van der Waals surface area (Å²) in [6.45, 7) is 0.638. The fourth-order valence-electron chi connectivity index (χ4n) is 3.69. The van der Waals surface area contributed by atoms with Gasteiger partial charge in [-0.05, 0) is 44.8 Å². The van der Waals surface area contributed by atoms with Crippen LogP contribution >= 0.6 is 11.8 Å². The molecule has 2 aliphatic rings. The van der Waals surface area contributed by atoms with Crippen molar-refractivity contribution >= 4 is 39.9 Å². The van der Waals surface area contributed by atoms with Crippen LogP contribution in [0.2, 0.25) is 0 Å². The lowest BCUT2D eigenvalue weighted by molar-refractivity contribution is -0.180. The van der Waals surface area contributed by atoms with Crippen LogP contribution in [0.4, 0.5) is 23.9 Å². The minimum absolute atomic E-state index is 0.168. The lowest BCUT2D eigenvalue weighted by atomic mass is 9.88. The SMILES string of the molecule is CSc1nc(NC(=O)N[S+](=O)([O-])C2CCCCC2C(F)(F)F)nc(C2=NCCCC2)n1. The van der Waals surface area contributed by atoms with Crippen LogP contribution in [-0.4, -0.2) is 55.5 Å². The smallest absolute Gasteiger partial charge is 0.396 e. The van der Waals surface area contributed by atoms with Crippen molar-refractivity contribution < 1.29 is 26.7 Å². The second kappa shape index (κ2) is 9.77. The van der Waals surface area contributed by atoms with Crippen molar-refractivity contribution in [2.75, 3.05) is 18.1 Å². The molecule has 0 radical (unpaired) electrons. The maximum Gasteiger partial charge on any atom is 0.396 e. The number of urea groups is 1. The molecule has 1 aliphatic carbocycles. The van der Waals surface area contributed by atoms with Crippen molar-refractivity contribution in [2.45, 2.75) is 61.5 Å². The Morgan fingerprint density at radius 1 is 1.16 bits per heavy atom. The molecule has 3 atom stereocenters. The molecule has 1 aliphatic heterocycles. The third-order valence-electron chi connectivity index (χ3n) is 5.16. The van der Waals surface area contributed by atoms with Crippen molar-refractivity contribution in [3.05, 3.63) is 5.82 Å². The third-order valence-corrected chi connectivity index (χ3v) is 7.54. The number of nitrogens with zero attached hydrogens (tertiary/aromatic N) is 4. The number of nitrogens with one attached hydrogen (secondary N) is 2. The number of hydrogen-bond donors (Lipinski definition) is 2. The van der Waals surface area contributed by atoms with Crippen molar-refractivity contribution in [3.8, 4) is 0 Å². The van der Waals surface area contributed by atoms with Gasteiger partial charge in [0.25, 0.3) is 0 Å². The standard InChI is InChI=1S/C17H23F3N6O3S2/c1-30-16-23-13(11-7-4-5-9-21-11)22-14(25-16)24-15(27)26-31(28,29)12-8-3-2-6-10(12)17(18,19)20/h10,12H,2-9H2,1H3,(H2-,22,23,24,25,26,27,28,29). The number of anilines is 1. The van der Waals surface area contributed by atoms with Gasteiger partial charge in [-0.15, -0.1) is 0 Å². The van der Waals surface area contributed by atoms with Gasteiger partial charge in [0.1, 0.15) is 5.92 Å². The van der Waals surface area contributed by atoms with Crippen LogP contribution in [0.3, 0.4) is 0 Å². The second-order valence-corrected chi connectivity index (χ2v) is 10.0. The molecule has 9 nitrogen and oxygen atoms in total. The molecular formula is C17H23F3N6O3S2. The second-order valence-electron chi connectivity index (χ2n) is 7.33. The fraction of sp³-hybridized carbons (Fsp3) is 0.706. The van der Waals surface area contributed by atoms with E-state index in [0.717, 1.165) is 12.8 Å². The van der Waals surface area contributed by atoms with Gasteiger partial charge in [-0.3, -0.25) is 10.3 Å². The Kier molecular flexibility index (Phi) is 7.52. The topological polar surface area (TPSA) is 132 Å². The van der Waals surface area contributed by atoms with Crippen LogP contribution in [0.25, 0.3) is 0 Å². The van der Waals surface area contributed by atoms with E-state index >= 15 is 0 Å². The van der Waals surface area contributed by atoms with Gasteiger partial charge < -0.3 is 4.55 Å². The highest BCUT2D eigenvalue weighted by Crippen LogP contribution is 2.41. The summed E-state index contributed by atoms with van der Waals surface area (Å²) in [5.74, 6) is -1.93. The zero-order valence-electron chi connectivity index (χ0n) is 16.8. The number of aromatic nitrogens is 3. The zero-order valence-corrected chi connectivity index (χ0v) is 18.4. The summed E-state index contributed by atoms with van der Waals surface area (Å²) < 4.78 is 66.6. The highest BCUT2D eigenvalue weighted by molar-refractivity contribution is 7.98. The first-order valence-electron chi connectivity index (χ1n) is 9.83. The summed E-state index contributed by atoms with van der Waals surface area (Å²) in [5, 5.41) is 0.773. The van der Waals surface area contributed by atoms with Gasteiger partial charge in [0.2, 0.25) is 5.95 Å². The normalized spacial score (nSPS) is 24.1. The summed E-state index contributed by atoms with van der Waals surface area (Å²) in [7, 11) is -4.56. The van der Waals surface area contributed by atoms with Crippen molar-refractivity contribution in [2.24, 2.45) is 10.9 Å². The molecule has 1 fully saturated rings. The first-order valence-corrected chi connectivity index (χ1v) is 12.6. The van der Waals surface area contributed by atoms with E-state index in [9.17, 15) is 26.7 Å². The Hall–Kier alpha value is -1.80. The minimum atomic E-state index is -4.66. The summed E-state index contributed by atoms with van der Waals surface area (Å²) >= 11 is 1.19. The number of sulfonamides is 1. The van der Waals surface area contributed by atoms with Crippen LogP contribution in [0.5, 0.6) is 0 Å². The zero-order chi connectivity index (χ0) is 22.6. The van der Waals surface area contributed by atoms with Gasteiger partial charge in [-0.25, -0.2) is 9.78 Å². The van der Waals surface area contributed by atoms with Crippen molar-refractivity contribution in [1.82, 2.24) is 19.7 Å². The molecule has 0 bridgehead atoms. The first kappa shape index (κ1) is 23.9. The quantitative estimate of drug-likeness (QED) is 0.488. The van der Waals surface area contributed by atoms with Crippen LogP contribution in [0.15, 0.2) is 10.1 Å². The average Bonchev–Trinajstić information content (AvgIpc) is 2.73. The van der Waals surface area contributed by atoms with Gasteiger partial charge in [0, 0.05) is 6.54 Å². The number of thioether (sulfide) groups is 1. The van der Waals surface area contributed by atoms with Gasteiger partial charge in [-0.2, -0.15) is 27.9 Å². The van der Waals surface area contributed by atoms with E-state index in [-0.39, 0.29) is 31.0 Å². The molecule has 31 heavy (non-hydrogen) atoms. The molecule has 3 unspecified atom stereocenters. The number of alkyl halides is 3. The average molecular weight is 481 g/mol. The number of aliphatic imine (C=N–C) groups is 1. The Morgan fingerprint density at radius 2 is 1.90 bits per heavy atom. The molecule has 2 amide bonds. The van der Waals surface area contributed by atoms with E-state index < -0.39 is 33.8 Å². The molecule has 1 saturated carbocycles. The molecule has 0 saturated heterocycles. The summed E-state index contributed by atoms with van der Waals surface area (Å²) in [6, 6.07) is -1.22. The van der Waals surface area contributed by atoms with E-state index in [4.69, 9.17) is 0 Å². The Bertz CT molecular complexity index is 898. The highest BCUT2D eigenvalue weighted by Gasteiger charge is 2.53. The maximum atomic E-state index is 13.3. The maximum absolute atomic E-state index is 13.3. The van der Waals surface area contributed by atoms with Crippen LogP contribution in [-0.2, 0) is 14.6 Å². The Labute approximate surface area is 182 Å². The van der Waals surface area contributed by atoms with Gasteiger partial charge in [-0.1, -0.05) is 22.4 Å². The Balaban J connectivity index is 1.75. The fourth-order valence-corrected chi connectivity index (χ4v) is 5.70.